The first-order valence-electron chi connectivity index (χ1n) is 13.7. The molecule has 6 nitrogen and oxygen atoms in total. The van der Waals surface area contributed by atoms with Crippen LogP contribution >= 0.6 is 0 Å². The van der Waals surface area contributed by atoms with Crippen LogP contribution in [0.1, 0.15) is 72.5 Å². The lowest BCUT2D eigenvalue weighted by Gasteiger charge is -2.19. The van der Waals surface area contributed by atoms with Gasteiger partial charge in [0.2, 0.25) is 5.91 Å². The maximum Gasteiger partial charge on any atom is 0.251 e. The van der Waals surface area contributed by atoms with Crippen molar-refractivity contribution >= 4 is 17.5 Å². The van der Waals surface area contributed by atoms with Gasteiger partial charge in [-0.2, -0.15) is 0 Å². The Labute approximate surface area is 226 Å². The second-order valence-electron chi connectivity index (χ2n) is 9.84. The zero-order chi connectivity index (χ0) is 27.2. The Bertz CT molecular complexity index is 1150. The number of phenolic OH excluding ortho intramolecular Hbond substituents is 1. The molecule has 1 atom stereocenters. The van der Waals surface area contributed by atoms with Gasteiger partial charge in [0.15, 0.2) is 0 Å². The number of nitrogens with one attached hydrogen (secondary N) is 2. The molecule has 0 spiro atoms. The summed E-state index contributed by atoms with van der Waals surface area (Å²) in [5, 5.41) is 15.5. The zero-order valence-electron chi connectivity index (χ0n) is 22.4. The summed E-state index contributed by atoms with van der Waals surface area (Å²) >= 11 is 0. The molecule has 0 aliphatic heterocycles. The molecule has 0 heterocycles. The number of benzene rings is 3. The molecular formula is C32H41N3O3. The molecule has 2 amide bonds. The van der Waals surface area contributed by atoms with Crippen LogP contribution in [-0.4, -0.2) is 29.5 Å². The van der Waals surface area contributed by atoms with Gasteiger partial charge in [-0.1, -0.05) is 75.1 Å². The molecule has 0 fully saturated rings. The van der Waals surface area contributed by atoms with E-state index in [-0.39, 0.29) is 17.6 Å². The highest BCUT2D eigenvalue weighted by atomic mass is 16.3. The molecule has 0 saturated carbocycles. The number of aryl methyl sites for hydroxylation is 3. The van der Waals surface area contributed by atoms with Gasteiger partial charge >= 0.3 is 0 Å². The first-order chi connectivity index (χ1) is 18.5. The van der Waals surface area contributed by atoms with E-state index in [0.29, 0.717) is 37.1 Å². The van der Waals surface area contributed by atoms with Crippen LogP contribution in [0.2, 0.25) is 0 Å². The fourth-order valence-corrected chi connectivity index (χ4v) is 4.43. The van der Waals surface area contributed by atoms with Crippen LogP contribution in [0.4, 0.5) is 5.69 Å². The third-order valence-corrected chi connectivity index (χ3v) is 6.79. The first kappa shape index (κ1) is 28.8. The van der Waals surface area contributed by atoms with Crippen LogP contribution in [0, 0.1) is 0 Å². The maximum absolute atomic E-state index is 13.2. The number of hydrogen-bond donors (Lipinski definition) is 4. The molecule has 3 rings (SSSR count). The average Bonchev–Trinajstić information content (AvgIpc) is 2.93. The fourth-order valence-electron chi connectivity index (χ4n) is 4.43. The molecule has 3 aromatic carbocycles. The summed E-state index contributed by atoms with van der Waals surface area (Å²) in [6.45, 7) is 2.80. The molecule has 0 bridgehead atoms. The van der Waals surface area contributed by atoms with Crippen molar-refractivity contribution in [2.45, 2.75) is 70.8 Å². The van der Waals surface area contributed by atoms with E-state index in [4.69, 9.17) is 5.73 Å². The minimum absolute atomic E-state index is 0.146. The number of unbranched alkanes of at least 4 members (excludes halogenated alkanes) is 4. The molecule has 0 unspecified atom stereocenters. The SMILES string of the molecule is CCCCCCCNC(=O)[C@H](CCc1ccccc1)NC(=O)c1ccc(N)c(CCc2ccc(O)cc2)c1. The Hall–Kier alpha value is -3.80. The number of carbonyl (C=O) groups excluding carboxylic acids is 2. The Morgan fingerprint density at radius 2 is 1.55 bits per heavy atom. The van der Waals surface area contributed by atoms with Gasteiger partial charge in [-0.25, -0.2) is 0 Å². The highest BCUT2D eigenvalue weighted by Gasteiger charge is 2.21. The topological polar surface area (TPSA) is 104 Å². The van der Waals surface area contributed by atoms with Crippen molar-refractivity contribution in [1.29, 1.82) is 0 Å². The largest absolute Gasteiger partial charge is 0.508 e. The molecule has 6 heteroatoms. The van der Waals surface area contributed by atoms with Crippen LogP contribution in [0.3, 0.4) is 0 Å². The number of nitrogens with two attached hydrogens (primary N) is 1. The van der Waals surface area contributed by atoms with Crippen LogP contribution in [-0.2, 0) is 24.1 Å². The third-order valence-electron chi connectivity index (χ3n) is 6.79. The molecule has 3 aromatic rings. The second-order valence-corrected chi connectivity index (χ2v) is 9.84. The Morgan fingerprint density at radius 1 is 0.842 bits per heavy atom. The minimum atomic E-state index is -0.628. The van der Waals surface area contributed by atoms with Gasteiger partial charge in [0, 0.05) is 17.8 Å². The number of anilines is 1. The Morgan fingerprint density at radius 3 is 2.29 bits per heavy atom. The number of amides is 2. The van der Waals surface area contributed by atoms with Crippen molar-refractivity contribution in [2.24, 2.45) is 0 Å². The van der Waals surface area contributed by atoms with E-state index in [1.54, 1.807) is 24.3 Å². The Balaban J connectivity index is 1.63. The normalized spacial score (nSPS) is 11.6. The average molecular weight is 516 g/mol. The van der Waals surface area contributed by atoms with E-state index in [1.807, 2.05) is 48.5 Å². The number of aromatic hydroxyl groups is 1. The molecule has 0 aliphatic rings. The monoisotopic (exact) mass is 515 g/mol. The van der Waals surface area contributed by atoms with E-state index >= 15 is 0 Å². The van der Waals surface area contributed by atoms with Crippen molar-refractivity contribution in [2.75, 3.05) is 12.3 Å². The standard InChI is InChI=1S/C32H41N3O3/c1-2-3-4-5-9-22-34-32(38)30(21-15-24-10-7-6-8-11-24)35-31(37)27-17-20-29(33)26(23-27)16-12-25-13-18-28(36)19-14-25/h6-8,10-11,13-14,17-20,23,30,36H,2-5,9,12,15-16,21-22,33H2,1H3,(H,34,38)(H,35,37)/t30-/m0/s1. The van der Waals surface area contributed by atoms with Crippen LogP contribution in [0.5, 0.6) is 5.75 Å². The Kier molecular flexibility index (Phi) is 11.7. The predicted octanol–water partition coefficient (Wildman–Crippen LogP) is 5.58. The van der Waals surface area contributed by atoms with Gasteiger partial charge in [0.25, 0.3) is 5.91 Å². The predicted molar refractivity (Wildman–Crippen MR) is 154 cm³/mol. The molecule has 38 heavy (non-hydrogen) atoms. The van der Waals surface area contributed by atoms with Crippen LogP contribution in [0.15, 0.2) is 72.8 Å². The summed E-state index contributed by atoms with van der Waals surface area (Å²) in [5.41, 5.74) is 10.4. The van der Waals surface area contributed by atoms with Gasteiger partial charge < -0.3 is 21.5 Å². The maximum atomic E-state index is 13.2. The van der Waals surface area contributed by atoms with Crippen LogP contribution in [0.25, 0.3) is 0 Å². The van der Waals surface area contributed by atoms with Crippen molar-refractivity contribution in [3.63, 3.8) is 0 Å². The van der Waals surface area contributed by atoms with Crippen molar-refractivity contribution in [3.8, 4) is 5.75 Å². The quantitative estimate of drug-likeness (QED) is 0.157. The number of phenols is 1. The molecule has 5 N–H and O–H groups in total. The fraction of sp³-hybridized carbons (Fsp3) is 0.375. The molecule has 0 aliphatic carbocycles. The van der Waals surface area contributed by atoms with Gasteiger partial charge in [0.05, 0.1) is 0 Å². The smallest absolute Gasteiger partial charge is 0.251 e. The molecule has 0 aromatic heterocycles. The van der Waals surface area contributed by atoms with E-state index in [1.165, 1.54) is 19.3 Å². The first-order valence-corrected chi connectivity index (χ1v) is 13.7. The third kappa shape index (κ3) is 9.58. The highest BCUT2D eigenvalue weighted by molar-refractivity contribution is 5.98. The van der Waals surface area contributed by atoms with E-state index in [2.05, 4.69) is 17.6 Å². The van der Waals surface area contributed by atoms with Crippen LogP contribution < -0.4 is 16.4 Å². The number of nitrogen functional groups attached to an aromatic ring is 1. The van der Waals surface area contributed by atoms with Crippen molar-refractivity contribution < 1.29 is 14.7 Å². The summed E-state index contributed by atoms with van der Waals surface area (Å²) < 4.78 is 0. The highest BCUT2D eigenvalue weighted by Crippen LogP contribution is 2.19. The lowest BCUT2D eigenvalue weighted by atomic mass is 10.00. The number of hydrogen-bond acceptors (Lipinski definition) is 4. The second kappa shape index (κ2) is 15.5. The van der Waals surface area contributed by atoms with E-state index in [9.17, 15) is 14.7 Å². The molecular weight excluding hydrogens is 474 g/mol. The number of carbonyl (C=O) groups is 2. The summed E-state index contributed by atoms with van der Waals surface area (Å²) in [6.07, 6.45) is 8.19. The van der Waals surface area contributed by atoms with Gasteiger partial charge in [0.1, 0.15) is 11.8 Å². The van der Waals surface area contributed by atoms with Crippen molar-refractivity contribution in [1.82, 2.24) is 10.6 Å². The summed E-state index contributed by atoms with van der Waals surface area (Å²) in [5.74, 6) is -0.200. The van der Waals surface area contributed by atoms with Gasteiger partial charge in [-0.3, -0.25) is 9.59 Å². The lowest BCUT2D eigenvalue weighted by molar-refractivity contribution is -0.123. The molecule has 0 saturated heterocycles. The number of rotatable bonds is 15. The summed E-state index contributed by atoms with van der Waals surface area (Å²) in [4.78, 5) is 26.3. The van der Waals surface area contributed by atoms with E-state index < -0.39 is 6.04 Å². The summed E-state index contributed by atoms with van der Waals surface area (Å²) in [6, 6.07) is 21.7. The van der Waals surface area contributed by atoms with Crippen molar-refractivity contribution in [3.05, 3.63) is 95.1 Å². The molecule has 0 radical (unpaired) electrons. The van der Waals surface area contributed by atoms with E-state index in [0.717, 1.165) is 36.0 Å². The zero-order valence-corrected chi connectivity index (χ0v) is 22.4. The minimum Gasteiger partial charge on any atom is -0.508 e. The van der Waals surface area contributed by atoms with Gasteiger partial charge in [-0.15, -0.1) is 0 Å². The summed E-state index contributed by atoms with van der Waals surface area (Å²) in [7, 11) is 0. The molecule has 202 valence electrons. The lowest BCUT2D eigenvalue weighted by Crippen LogP contribution is -2.47. The van der Waals surface area contributed by atoms with Gasteiger partial charge in [-0.05, 0) is 79.1 Å².